The third kappa shape index (κ3) is 6.85. The number of aliphatic hydroxyl groups excluding tert-OH is 3. The first kappa shape index (κ1) is 29.4. The minimum Gasteiger partial charge on any atom is -0.494 e. The van der Waals surface area contributed by atoms with Gasteiger partial charge in [0.25, 0.3) is 5.91 Å². The molecule has 0 aromatic heterocycles. The van der Waals surface area contributed by atoms with E-state index in [0.717, 1.165) is 42.8 Å². The van der Waals surface area contributed by atoms with E-state index in [4.69, 9.17) is 25.8 Å². The maximum atomic E-state index is 12.8. The van der Waals surface area contributed by atoms with Gasteiger partial charge in [-0.15, -0.1) is 0 Å². The molecule has 2 heterocycles. The Morgan fingerprint density at radius 1 is 0.927 bits per heavy atom. The number of carbonyl (C=O) groups excluding carboxylic acids is 1. The third-order valence-electron chi connectivity index (χ3n) is 7.63. The van der Waals surface area contributed by atoms with Crippen molar-refractivity contribution >= 4 is 17.5 Å². The van der Waals surface area contributed by atoms with Crippen LogP contribution >= 0.6 is 11.6 Å². The van der Waals surface area contributed by atoms with Crippen LogP contribution in [0.1, 0.15) is 52.9 Å². The van der Waals surface area contributed by atoms with Crippen LogP contribution in [-0.2, 0) is 11.2 Å². The van der Waals surface area contributed by atoms with Crippen molar-refractivity contribution < 1.29 is 34.3 Å². The number of ether oxygens (including phenoxy) is 3. The normalized spacial score (nSPS) is 24.3. The zero-order valence-corrected chi connectivity index (χ0v) is 23.7. The fourth-order valence-electron chi connectivity index (χ4n) is 5.36. The second-order valence-corrected chi connectivity index (χ2v) is 10.9. The second kappa shape index (κ2) is 13.2. The standard InChI is InChI=1S/C32H36ClNO7/c1-2-39-24-11-8-20(9-12-24)16-23-17-21(10-13-26(23)33)31-30(37)29(36)28(35)27(41-31)19-40-25-7-5-6-22(18-25)32(38)34-14-3-4-15-34/h5-13,17-18,27-31,35-37H,2-4,14-16,19H2,1H3/t27-,28+,29-,30-,31+/m1/s1. The van der Waals surface area contributed by atoms with Gasteiger partial charge in [-0.05, 0) is 79.3 Å². The SMILES string of the molecule is CCOc1ccc(Cc2cc([C@@H]3O[C@H](COc4cccc(C(=O)N5CCCC5)c4)[C@H](O)[C@@H](O)[C@H]3O)ccc2Cl)cc1. The predicted molar refractivity (Wildman–Crippen MR) is 155 cm³/mol. The molecule has 2 aliphatic heterocycles. The first-order valence-corrected chi connectivity index (χ1v) is 14.4. The number of halogens is 1. The molecule has 0 spiro atoms. The molecule has 1 amide bonds. The Morgan fingerprint density at radius 3 is 2.41 bits per heavy atom. The molecule has 9 heteroatoms. The van der Waals surface area contributed by atoms with Gasteiger partial charge in [-0.3, -0.25) is 4.79 Å². The molecule has 0 unspecified atom stereocenters. The monoisotopic (exact) mass is 581 g/mol. The number of hydrogen-bond acceptors (Lipinski definition) is 7. The predicted octanol–water partition coefficient (Wildman–Crippen LogP) is 4.17. The highest BCUT2D eigenvalue weighted by atomic mass is 35.5. The molecule has 3 aromatic carbocycles. The molecule has 41 heavy (non-hydrogen) atoms. The van der Waals surface area contributed by atoms with Crippen molar-refractivity contribution in [3.63, 3.8) is 0 Å². The molecule has 3 N–H and O–H groups in total. The molecule has 0 aliphatic carbocycles. The summed E-state index contributed by atoms with van der Waals surface area (Å²) in [5.41, 5.74) is 3.02. The average molecular weight is 582 g/mol. The maximum absolute atomic E-state index is 12.8. The summed E-state index contributed by atoms with van der Waals surface area (Å²) in [6.45, 7) is 3.94. The highest BCUT2D eigenvalue weighted by Crippen LogP contribution is 2.35. The molecule has 3 aromatic rings. The molecule has 8 nitrogen and oxygen atoms in total. The van der Waals surface area contributed by atoms with E-state index in [1.54, 1.807) is 36.4 Å². The van der Waals surface area contributed by atoms with Gasteiger partial charge in [0.1, 0.15) is 48.6 Å². The molecule has 5 atom stereocenters. The molecular formula is C32H36ClNO7. The highest BCUT2D eigenvalue weighted by molar-refractivity contribution is 6.31. The van der Waals surface area contributed by atoms with Gasteiger partial charge in [0.05, 0.1) is 6.61 Å². The Bertz CT molecular complexity index is 1330. The van der Waals surface area contributed by atoms with Gasteiger partial charge in [0.15, 0.2) is 0 Å². The lowest BCUT2D eigenvalue weighted by atomic mass is 9.90. The fraction of sp³-hybridized carbons (Fsp3) is 0.406. The minimum absolute atomic E-state index is 0.0377. The zero-order chi connectivity index (χ0) is 28.9. The van der Waals surface area contributed by atoms with Gasteiger partial charge < -0.3 is 34.4 Å². The molecule has 0 radical (unpaired) electrons. The number of carbonyl (C=O) groups is 1. The molecule has 2 fully saturated rings. The summed E-state index contributed by atoms with van der Waals surface area (Å²) in [6, 6.07) is 20.0. The molecule has 2 saturated heterocycles. The summed E-state index contributed by atoms with van der Waals surface area (Å²) in [5, 5.41) is 32.8. The molecule has 5 rings (SSSR count). The van der Waals surface area contributed by atoms with Gasteiger partial charge in [-0.1, -0.05) is 41.9 Å². The zero-order valence-electron chi connectivity index (χ0n) is 23.0. The summed E-state index contributed by atoms with van der Waals surface area (Å²) in [7, 11) is 0. The maximum Gasteiger partial charge on any atom is 0.253 e. The van der Waals surface area contributed by atoms with Crippen molar-refractivity contribution in [2.24, 2.45) is 0 Å². The molecule has 218 valence electrons. The summed E-state index contributed by atoms with van der Waals surface area (Å²) in [6.07, 6.45) is -3.46. The van der Waals surface area contributed by atoms with E-state index >= 15 is 0 Å². The Labute approximate surface area is 245 Å². The summed E-state index contributed by atoms with van der Waals surface area (Å²) < 4.78 is 17.5. The van der Waals surface area contributed by atoms with E-state index in [-0.39, 0.29) is 12.5 Å². The average Bonchev–Trinajstić information content (AvgIpc) is 3.53. The van der Waals surface area contributed by atoms with Crippen LogP contribution in [0.5, 0.6) is 11.5 Å². The number of nitrogens with zero attached hydrogens (tertiary/aromatic N) is 1. The lowest BCUT2D eigenvalue weighted by Crippen LogP contribution is -2.55. The summed E-state index contributed by atoms with van der Waals surface area (Å²) in [5.74, 6) is 1.21. The lowest BCUT2D eigenvalue weighted by Gasteiger charge is -2.40. The highest BCUT2D eigenvalue weighted by Gasteiger charge is 2.44. The molecule has 2 aliphatic rings. The van der Waals surface area contributed by atoms with E-state index in [9.17, 15) is 20.1 Å². The van der Waals surface area contributed by atoms with Gasteiger partial charge in [0, 0.05) is 23.7 Å². The smallest absolute Gasteiger partial charge is 0.253 e. The Balaban J connectivity index is 1.28. The van der Waals surface area contributed by atoms with Gasteiger partial charge >= 0.3 is 0 Å². The van der Waals surface area contributed by atoms with Crippen molar-refractivity contribution in [1.82, 2.24) is 4.90 Å². The van der Waals surface area contributed by atoms with Crippen molar-refractivity contribution in [1.29, 1.82) is 0 Å². The number of rotatable bonds is 9. The Morgan fingerprint density at radius 2 is 1.68 bits per heavy atom. The van der Waals surface area contributed by atoms with E-state index < -0.39 is 30.5 Å². The van der Waals surface area contributed by atoms with Crippen molar-refractivity contribution in [3.05, 3.63) is 94.0 Å². The summed E-state index contributed by atoms with van der Waals surface area (Å²) in [4.78, 5) is 14.6. The topological polar surface area (TPSA) is 109 Å². The van der Waals surface area contributed by atoms with Crippen LogP contribution in [0, 0.1) is 0 Å². The fourth-order valence-corrected chi connectivity index (χ4v) is 5.55. The Kier molecular flexibility index (Phi) is 9.47. The molecule has 0 saturated carbocycles. The van der Waals surface area contributed by atoms with Crippen LogP contribution in [0.25, 0.3) is 0 Å². The van der Waals surface area contributed by atoms with Crippen LogP contribution in [0.4, 0.5) is 0 Å². The van der Waals surface area contributed by atoms with Crippen LogP contribution in [0.15, 0.2) is 66.7 Å². The number of likely N-dealkylation sites (tertiary alicyclic amines) is 1. The van der Waals surface area contributed by atoms with Gasteiger partial charge in [0.2, 0.25) is 0 Å². The number of amides is 1. The van der Waals surface area contributed by atoms with E-state index in [2.05, 4.69) is 0 Å². The van der Waals surface area contributed by atoms with Crippen LogP contribution in [-0.4, -0.2) is 76.8 Å². The largest absolute Gasteiger partial charge is 0.494 e. The van der Waals surface area contributed by atoms with E-state index in [1.165, 1.54) is 0 Å². The van der Waals surface area contributed by atoms with E-state index in [1.807, 2.05) is 42.2 Å². The Hall–Kier alpha value is -3.14. The number of aliphatic hydroxyl groups is 3. The van der Waals surface area contributed by atoms with E-state index in [0.29, 0.717) is 34.9 Å². The molecular weight excluding hydrogens is 546 g/mol. The van der Waals surface area contributed by atoms with Crippen LogP contribution in [0.3, 0.4) is 0 Å². The van der Waals surface area contributed by atoms with Gasteiger partial charge in [-0.2, -0.15) is 0 Å². The second-order valence-electron chi connectivity index (χ2n) is 10.5. The van der Waals surface area contributed by atoms with Crippen molar-refractivity contribution in [2.45, 2.75) is 56.7 Å². The first-order valence-electron chi connectivity index (χ1n) is 14.1. The van der Waals surface area contributed by atoms with Crippen LogP contribution in [0.2, 0.25) is 5.02 Å². The van der Waals surface area contributed by atoms with Gasteiger partial charge in [-0.25, -0.2) is 0 Å². The van der Waals surface area contributed by atoms with Crippen LogP contribution < -0.4 is 9.47 Å². The molecule has 0 bridgehead atoms. The lowest BCUT2D eigenvalue weighted by molar-refractivity contribution is -0.230. The summed E-state index contributed by atoms with van der Waals surface area (Å²) >= 11 is 6.51. The number of benzene rings is 3. The van der Waals surface area contributed by atoms with Crippen molar-refractivity contribution in [3.8, 4) is 11.5 Å². The third-order valence-corrected chi connectivity index (χ3v) is 8.00. The minimum atomic E-state index is -1.45. The number of hydrogen-bond donors (Lipinski definition) is 3. The first-order chi connectivity index (χ1) is 19.8. The quantitative estimate of drug-likeness (QED) is 0.348. The van der Waals surface area contributed by atoms with Crippen molar-refractivity contribution in [2.75, 3.05) is 26.3 Å².